The van der Waals surface area contributed by atoms with Gasteiger partial charge in [-0.15, -0.1) is 10.2 Å². The Hall–Kier alpha value is -2.80. The molecule has 0 bridgehead atoms. The van der Waals surface area contributed by atoms with Crippen LogP contribution in [0.5, 0.6) is 0 Å². The lowest BCUT2D eigenvalue weighted by atomic mass is 10.2. The number of hydrogen-bond acceptors (Lipinski definition) is 8. The molecular formula is C18H14Cl2N6O2S. The van der Waals surface area contributed by atoms with Crippen LogP contribution in [0.4, 0.5) is 22.2 Å². The molecule has 0 unspecified atom stereocenters. The highest BCUT2D eigenvalue weighted by Crippen LogP contribution is 2.42. The van der Waals surface area contributed by atoms with Crippen LogP contribution in [0.2, 0.25) is 10.0 Å². The average molecular weight is 449 g/mol. The second-order valence-electron chi connectivity index (χ2n) is 5.83. The van der Waals surface area contributed by atoms with E-state index in [1.54, 1.807) is 0 Å². The van der Waals surface area contributed by atoms with Gasteiger partial charge in [0.2, 0.25) is 5.13 Å². The first-order valence-electron chi connectivity index (χ1n) is 8.51. The Balaban J connectivity index is 1.83. The summed E-state index contributed by atoms with van der Waals surface area (Å²) >= 11 is 13.2. The maximum absolute atomic E-state index is 11.1. The maximum atomic E-state index is 11.1. The minimum Gasteiger partial charge on any atom is -0.371 e. The Bertz CT molecular complexity index is 1120. The predicted octanol–water partition coefficient (Wildman–Crippen LogP) is 6.67. The summed E-state index contributed by atoms with van der Waals surface area (Å²) < 4.78 is 0.506. The third-order valence-electron chi connectivity index (χ3n) is 4.07. The Labute approximate surface area is 180 Å². The van der Waals surface area contributed by atoms with Crippen LogP contribution in [0, 0.1) is 21.4 Å². The number of nitro groups is 1. The number of nitro benzene ring substituents is 1. The number of nitriles is 1. The highest BCUT2D eigenvalue weighted by atomic mass is 35.5. The van der Waals surface area contributed by atoms with E-state index in [9.17, 15) is 10.1 Å². The molecule has 0 amide bonds. The number of anilines is 1. The molecule has 0 aliphatic heterocycles. The number of hydrogen-bond donors (Lipinski definition) is 0. The summed E-state index contributed by atoms with van der Waals surface area (Å²) in [5.41, 5.74) is 1.70. The fourth-order valence-corrected chi connectivity index (χ4v) is 3.98. The van der Waals surface area contributed by atoms with Gasteiger partial charge in [0.25, 0.3) is 5.69 Å². The molecule has 11 heteroatoms. The highest BCUT2D eigenvalue weighted by molar-refractivity contribution is 7.22. The van der Waals surface area contributed by atoms with Crippen LogP contribution >= 0.6 is 34.5 Å². The van der Waals surface area contributed by atoms with Gasteiger partial charge in [0.05, 0.1) is 32.8 Å². The Morgan fingerprint density at radius 1 is 1.28 bits per heavy atom. The summed E-state index contributed by atoms with van der Waals surface area (Å²) in [4.78, 5) is 16.8. The molecule has 0 aliphatic rings. The number of fused-ring (bicyclic) bond motifs is 1. The molecular weight excluding hydrogens is 435 g/mol. The van der Waals surface area contributed by atoms with E-state index in [0.717, 1.165) is 23.6 Å². The molecule has 3 rings (SSSR count). The van der Waals surface area contributed by atoms with Gasteiger partial charge >= 0.3 is 0 Å². The topological polar surface area (TPSA) is 108 Å². The zero-order chi connectivity index (χ0) is 21.0. The maximum Gasteiger partial charge on any atom is 0.290 e. The summed E-state index contributed by atoms with van der Waals surface area (Å²) in [6.45, 7) is 3.48. The minimum absolute atomic E-state index is 0.0231. The molecule has 0 fully saturated rings. The average Bonchev–Trinajstić information content (AvgIpc) is 3.13. The number of halogens is 2. The first-order valence-corrected chi connectivity index (χ1v) is 10.1. The molecule has 0 atom stereocenters. The van der Waals surface area contributed by atoms with E-state index in [-0.39, 0.29) is 15.7 Å². The molecule has 0 aliphatic carbocycles. The van der Waals surface area contributed by atoms with E-state index in [4.69, 9.17) is 28.5 Å². The quantitative estimate of drug-likeness (QED) is 0.227. The molecule has 0 N–H and O–H groups in total. The molecule has 0 spiro atoms. The molecule has 1 aromatic heterocycles. The third kappa shape index (κ3) is 4.62. The first-order chi connectivity index (χ1) is 13.9. The molecule has 0 radical (unpaired) electrons. The predicted molar refractivity (Wildman–Crippen MR) is 115 cm³/mol. The van der Waals surface area contributed by atoms with Crippen LogP contribution in [-0.2, 0) is 0 Å². The Morgan fingerprint density at radius 3 is 2.62 bits per heavy atom. The van der Waals surface area contributed by atoms with Gasteiger partial charge in [0, 0.05) is 24.8 Å². The van der Waals surface area contributed by atoms with Gasteiger partial charge in [-0.3, -0.25) is 10.1 Å². The van der Waals surface area contributed by atoms with Crippen molar-refractivity contribution >= 4 is 66.9 Å². The number of azo groups is 1. The lowest BCUT2D eigenvalue weighted by Gasteiger charge is -2.21. The summed E-state index contributed by atoms with van der Waals surface area (Å²) in [7, 11) is 0. The monoisotopic (exact) mass is 448 g/mol. The van der Waals surface area contributed by atoms with Gasteiger partial charge < -0.3 is 4.90 Å². The number of thiazole rings is 1. The molecule has 29 heavy (non-hydrogen) atoms. The van der Waals surface area contributed by atoms with Crippen LogP contribution in [0.3, 0.4) is 0 Å². The zero-order valence-electron chi connectivity index (χ0n) is 15.2. The summed E-state index contributed by atoms with van der Waals surface area (Å²) in [6, 6.07) is 10.9. The molecule has 3 aromatic rings. The van der Waals surface area contributed by atoms with Crippen molar-refractivity contribution in [3.63, 3.8) is 0 Å². The minimum atomic E-state index is -0.591. The van der Waals surface area contributed by atoms with Gasteiger partial charge in [0.1, 0.15) is 10.5 Å². The van der Waals surface area contributed by atoms with E-state index in [2.05, 4.69) is 26.2 Å². The van der Waals surface area contributed by atoms with Crippen LogP contribution in [0.25, 0.3) is 10.2 Å². The molecule has 8 nitrogen and oxygen atoms in total. The van der Waals surface area contributed by atoms with E-state index in [1.807, 2.05) is 31.2 Å². The van der Waals surface area contributed by atoms with E-state index < -0.39 is 4.92 Å². The normalized spacial score (nSPS) is 11.1. The van der Waals surface area contributed by atoms with Crippen molar-refractivity contribution in [2.75, 3.05) is 18.0 Å². The number of rotatable bonds is 7. The van der Waals surface area contributed by atoms with Crippen molar-refractivity contribution in [3.05, 3.63) is 50.5 Å². The third-order valence-corrected chi connectivity index (χ3v) is 5.81. The number of benzene rings is 2. The van der Waals surface area contributed by atoms with Crippen molar-refractivity contribution in [2.24, 2.45) is 10.2 Å². The van der Waals surface area contributed by atoms with Gasteiger partial charge in [-0.25, -0.2) is 4.98 Å². The molecule has 1 heterocycles. The second kappa shape index (κ2) is 9.13. The summed E-state index contributed by atoms with van der Waals surface area (Å²) in [6.07, 6.45) is 0.456. The van der Waals surface area contributed by atoms with E-state index in [1.165, 1.54) is 6.07 Å². The van der Waals surface area contributed by atoms with Gasteiger partial charge in [0.15, 0.2) is 0 Å². The van der Waals surface area contributed by atoms with Crippen LogP contribution in [0.1, 0.15) is 13.3 Å². The van der Waals surface area contributed by atoms with Crippen molar-refractivity contribution in [2.45, 2.75) is 13.3 Å². The van der Waals surface area contributed by atoms with Crippen LogP contribution in [-0.4, -0.2) is 23.0 Å². The molecule has 148 valence electrons. The van der Waals surface area contributed by atoms with E-state index in [0.29, 0.717) is 34.0 Å². The lowest BCUT2D eigenvalue weighted by Crippen LogP contribution is -2.23. The van der Waals surface area contributed by atoms with Gasteiger partial charge in [-0.1, -0.05) is 34.5 Å². The SMILES string of the molecule is CCN(CCC#N)c1ccc(N=Nc2nc3c(Cl)c(Cl)c([N+](=O)[O-])cc3s2)cc1. The standard InChI is InChI=1S/C18H14Cl2N6O2S/c1-2-25(9-3-8-21)12-6-4-11(5-7-12)23-24-18-22-17-14(29-18)10-13(26(27)28)15(19)16(17)20/h4-7,10H,2-3,9H2,1H3. The Kier molecular flexibility index (Phi) is 6.59. The first kappa shape index (κ1) is 20.9. The molecule has 0 saturated heterocycles. The van der Waals surface area contributed by atoms with E-state index >= 15 is 0 Å². The Morgan fingerprint density at radius 2 is 2.00 bits per heavy atom. The van der Waals surface area contributed by atoms with Crippen molar-refractivity contribution in [3.8, 4) is 6.07 Å². The fourth-order valence-electron chi connectivity index (χ4n) is 2.64. The number of aromatic nitrogens is 1. The smallest absolute Gasteiger partial charge is 0.290 e. The van der Waals surface area contributed by atoms with Gasteiger partial charge in [-0.05, 0) is 31.2 Å². The summed E-state index contributed by atoms with van der Waals surface area (Å²) in [5.74, 6) is 0. The molecule has 2 aromatic carbocycles. The van der Waals surface area contributed by atoms with Gasteiger partial charge in [-0.2, -0.15) is 5.26 Å². The van der Waals surface area contributed by atoms with Crippen molar-refractivity contribution < 1.29 is 4.92 Å². The highest BCUT2D eigenvalue weighted by Gasteiger charge is 2.21. The molecule has 0 saturated carbocycles. The second-order valence-corrected chi connectivity index (χ2v) is 7.59. The zero-order valence-corrected chi connectivity index (χ0v) is 17.5. The largest absolute Gasteiger partial charge is 0.371 e. The lowest BCUT2D eigenvalue weighted by molar-refractivity contribution is -0.384. The van der Waals surface area contributed by atoms with Crippen LogP contribution < -0.4 is 4.90 Å². The summed E-state index contributed by atoms with van der Waals surface area (Å²) in [5, 5.41) is 28.3. The van der Waals surface area contributed by atoms with Crippen molar-refractivity contribution in [1.29, 1.82) is 5.26 Å². The number of nitrogens with zero attached hydrogens (tertiary/aromatic N) is 6. The fraction of sp³-hybridized carbons (Fsp3) is 0.222. The van der Waals surface area contributed by atoms with Crippen LogP contribution in [0.15, 0.2) is 40.6 Å². The van der Waals surface area contributed by atoms with Crippen molar-refractivity contribution in [1.82, 2.24) is 4.98 Å².